The Balaban J connectivity index is 1.61. The summed E-state index contributed by atoms with van der Waals surface area (Å²) in [6, 6.07) is 17.9. The van der Waals surface area contributed by atoms with Crippen molar-refractivity contribution in [2.24, 2.45) is 0 Å². The van der Waals surface area contributed by atoms with E-state index in [4.69, 9.17) is 9.47 Å². The lowest BCUT2D eigenvalue weighted by Crippen LogP contribution is -2.26. The predicted molar refractivity (Wildman–Crippen MR) is 140 cm³/mol. The first-order valence-corrected chi connectivity index (χ1v) is 11.9. The zero-order valence-electron chi connectivity index (χ0n) is 18.8. The van der Waals surface area contributed by atoms with Crippen molar-refractivity contribution in [2.45, 2.75) is 20.0 Å². The summed E-state index contributed by atoms with van der Waals surface area (Å²) >= 11 is 2.18. The predicted octanol–water partition coefficient (Wildman–Crippen LogP) is 6.08. The molecule has 4 rings (SSSR count). The second-order valence-electron chi connectivity index (χ2n) is 7.78. The van der Waals surface area contributed by atoms with Crippen molar-refractivity contribution in [1.29, 1.82) is 0 Å². The number of rotatable bonds is 8. The molecule has 0 fully saturated rings. The average molecular weight is 570 g/mol. The quantitative estimate of drug-likeness (QED) is 0.142. The van der Waals surface area contributed by atoms with Crippen LogP contribution in [-0.4, -0.2) is 24.5 Å². The standard InChI is InChI=1S/C26H23IN2O5/c1-3-12-28-23-7-5-4-6-20(23)21(26(28)30)13-18-14-22(27)25(24(15-18)33-2)34-16-17-8-10-19(11-9-17)29(31)32/h4-11,13-15H,3,12,16H2,1-2H3/b21-13-. The van der Waals surface area contributed by atoms with E-state index in [0.717, 1.165) is 32.4 Å². The number of nitro benzene ring substituents is 1. The molecule has 0 aliphatic carbocycles. The zero-order valence-corrected chi connectivity index (χ0v) is 20.9. The molecule has 8 heteroatoms. The molecule has 0 radical (unpaired) electrons. The maximum Gasteiger partial charge on any atom is 0.269 e. The summed E-state index contributed by atoms with van der Waals surface area (Å²) in [7, 11) is 1.57. The second-order valence-corrected chi connectivity index (χ2v) is 8.94. The van der Waals surface area contributed by atoms with Gasteiger partial charge in [0.25, 0.3) is 11.6 Å². The Labute approximate surface area is 211 Å². The highest BCUT2D eigenvalue weighted by molar-refractivity contribution is 14.1. The van der Waals surface area contributed by atoms with Crippen LogP contribution >= 0.6 is 22.6 Å². The fraction of sp³-hybridized carbons (Fsp3) is 0.192. The van der Waals surface area contributed by atoms with Crippen molar-refractivity contribution in [3.05, 3.63) is 91.0 Å². The molecule has 0 spiro atoms. The van der Waals surface area contributed by atoms with Crippen LogP contribution in [0.25, 0.3) is 11.6 Å². The molecule has 1 aliphatic rings. The van der Waals surface area contributed by atoms with Crippen molar-refractivity contribution in [3.63, 3.8) is 0 Å². The number of nitrogens with zero attached hydrogens (tertiary/aromatic N) is 2. The molecule has 1 aliphatic heterocycles. The number of nitro groups is 1. The molecule has 174 valence electrons. The van der Waals surface area contributed by atoms with E-state index < -0.39 is 4.92 Å². The number of carbonyl (C=O) groups is 1. The van der Waals surface area contributed by atoms with E-state index in [1.165, 1.54) is 12.1 Å². The summed E-state index contributed by atoms with van der Waals surface area (Å²) < 4.78 is 12.4. The first-order chi connectivity index (χ1) is 16.4. The van der Waals surface area contributed by atoms with Gasteiger partial charge in [0.1, 0.15) is 6.61 Å². The Morgan fingerprint density at radius 2 is 1.85 bits per heavy atom. The molecule has 34 heavy (non-hydrogen) atoms. The first kappa shape index (κ1) is 23.7. The molecule has 1 heterocycles. The Kier molecular flexibility index (Phi) is 7.16. The lowest BCUT2D eigenvalue weighted by Gasteiger charge is -2.15. The Bertz CT molecular complexity index is 1270. The van der Waals surface area contributed by atoms with Crippen molar-refractivity contribution in [1.82, 2.24) is 0 Å². The number of hydrogen-bond donors (Lipinski definition) is 0. The van der Waals surface area contributed by atoms with Crippen LogP contribution in [0.4, 0.5) is 11.4 Å². The number of anilines is 1. The highest BCUT2D eigenvalue weighted by Gasteiger charge is 2.31. The number of amides is 1. The van der Waals surface area contributed by atoms with Crippen LogP contribution in [0, 0.1) is 13.7 Å². The van der Waals surface area contributed by atoms with E-state index in [-0.39, 0.29) is 18.2 Å². The molecule has 3 aromatic carbocycles. The Morgan fingerprint density at radius 1 is 1.12 bits per heavy atom. The van der Waals surface area contributed by atoms with Crippen LogP contribution in [0.3, 0.4) is 0 Å². The van der Waals surface area contributed by atoms with Crippen LogP contribution in [0.5, 0.6) is 11.5 Å². The van der Waals surface area contributed by atoms with Gasteiger partial charge in [-0.1, -0.05) is 25.1 Å². The lowest BCUT2D eigenvalue weighted by atomic mass is 10.0. The molecule has 3 aromatic rings. The minimum atomic E-state index is -0.432. The zero-order chi connectivity index (χ0) is 24.2. The van der Waals surface area contributed by atoms with E-state index in [1.54, 1.807) is 19.2 Å². The van der Waals surface area contributed by atoms with Gasteiger partial charge in [0, 0.05) is 29.8 Å². The molecule has 0 N–H and O–H groups in total. The Morgan fingerprint density at radius 3 is 2.53 bits per heavy atom. The van der Waals surface area contributed by atoms with E-state index in [1.807, 2.05) is 47.4 Å². The van der Waals surface area contributed by atoms with Crippen LogP contribution in [0.15, 0.2) is 60.7 Å². The summed E-state index contributed by atoms with van der Waals surface area (Å²) in [5.74, 6) is 1.12. The van der Waals surface area contributed by atoms with Crippen LogP contribution < -0.4 is 14.4 Å². The maximum absolute atomic E-state index is 13.1. The molecule has 0 unspecified atom stereocenters. The highest BCUT2D eigenvalue weighted by atomic mass is 127. The molecule has 1 amide bonds. The molecular formula is C26H23IN2O5. The minimum Gasteiger partial charge on any atom is -0.493 e. The van der Waals surface area contributed by atoms with Gasteiger partial charge in [0.05, 0.1) is 21.3 Å². The molecule has 0 atom stereocenters. The molecule has 0 saturated heterocycles. The largest absolute Gasteiger partial charge is 0.493 e. The third kappa shape index (κ3) is 4.77. The summed E-state index contributed by atoms with van der Waals surface area (Å²) in [4.78, 5) is 25.4. The number of halogens is 1. The number of ether oxygens (including phenoxy) is 2. The van der Waals surface area contributed by atoms with Crippen molar-refractivity contribution in [2.75, 3.05) is 18.6 Å². The third-order valence-electron chi connectivity index (χ3n) is 5.50. The summed E-state index contributed by atoms with van der Waals surface area (Å²) in [5.41, 5.74) is 4.19. The fourth-order valence-electron chi connectivity index (χ4n) is 3.89. The van der Waals surface area contributed by atoms with Gasteiger partial charge in [0.2, 0.25) is 0 Å². The molecule has 7 nitrogen and oxygen atoms in total. The number of benzene rings is 3. The topological polar surface area (TPSA) is 81.9 Å². The first-order valence-electron chi connectivity index (χ1n) is 10.8. The maximum atomic E-state index is 13.1. The molecule has 0 saturated carbocycles. The smallest absolute Gasteiger partial charge is 0.269 e. The van der Waals surface area contributed by atoms with Gasteiger partial charge in [-0.15, -0.1) is 0 Å². The lowest BCUT2D eigenvalue weighted by molar-refractivity contribution is -0.384. The summed E-state index contributed by atoms with van der Waals surface area (Å²) in [6.07, 6.45) is 2.77. The second kappa shape index (κ2) is 10.3. The van der Waals surface area contributed by atoms with Gasteiger partial charge < -0.3 is 14.4 Å². The SMILES string of the molecule is CCCN1C(=O)/C(=C\c2cc(I)c(OCc3ccc([N+](=O)[O-])cc3)c(OC)c2)c2ccccc21. The van der Waals surface area contributed by atoms with Crippen LogP contribution in [0.1, 0.15) is 30.0 Å². The monoisotopic (exact) mass is 570 g/mol. The number of hydrogen-bond acceptors (Lipinski definition) is 5. The minimum absolute atomic E-state index is 0.00415. The number of fused-ring (bicyclic) bond motifs is 1. The van der Waals surface area contributed by atoms with Crippen LogP contribution in [-0.2, 0) is 11.4 Å². The number of methoxy groups -OCH3 is 1. The molecular weight excluding hydrogens is 547 g/mol. The van der Waals surface area contributed by atoms with Gasteiger partial charge in [-0.05, 0) is 76.5 Å². The normalized spacial score (nSPS) is 13.8. The van der Waals surface area contributed by atoms with Gasteiger partial charge in [0.15, 0.2) is 11.5 Å². The number of carbonyl (C=O) groups excluding carboxylic acids is 1. The summed E-state index contributed by atoms with van der Waals surface area (Å²) in [6.45, 7) is 2.96. The van der Waals surface area contributed by atoms with Crippen molar-refractivity contribution in [3.8, 4) is 11.5 Å². The third-order valence-corrected chi connectivity index (χ3v) is 6.30. The fourth-order valence-corrected chi connectivity index (χ4v) is 4.67. The highest BCUT2D eigenvalue weighted by Crippen LogP contribution is 2.40. The van der Waals surface area contributed by atoms with Gasteiger partial charge in [-0.25, -0.2) is 0 Å². The van der Waals surface area contributed by atoms with Gasteiger partial charge in [-0.3, -0.25) is 14.9 Å². The van der Waals surface area contributed by atoms with Gasteiger partial charge in [-0.2, -0.15) is 0 Å². The van der Waals surface area contributed by atoms with Crippen molar-refractivity contribution >= 4 is 51.5 Å². The van der Waals surface area contributed by atoms with E-state index in [2.05, 4.69) is 29.5 Å². The molecule has 0 aromatic heterocycles. The number of para-hydroxylation sites is 1. The van der Waals surface area contributed by atoms with E-state index >= 15 is 0 Å². The molecule has 0 bridgehead atoms. The Hall–Kier alpha value is -3.40. The van der Waals surface area contributed by atoms with E-state index in [9.17, 15) is 14.9 Å². The van der Waals surface area contributed by atoms with Crippen LogP contribution in [0.2, 0.25) is 0 Å². The van der Waals surface area contributed by atoms with Crippen molar-refractivity contribution < 1.29 is 19.2 Å². The number of non-ortho nitro benzene ring substituents is 1. The average Bonchev–Trinajstić information content (AvgIpc) is 3.09. The van der Waals surface area contributed by atoms with E-state index in [0.29, 0.717) is 23.6 Å². The summed E-state index contributed by atoms with van der Waals surface area (Å²) in [5, 5.41) is 10.8. The van der Waals surface area contributed by atoms with Gasteiger partial charge >= 0.3 is 0 Å².